The van der Waals surface area contributed by atoms with E-state index in [0.717, 1.165) is 16.7 Å². The van der Waals surface area contributed by atoms with Crippen LogP contribution in [0.5, 0.6) is 0 Å². The zero-order chi connectivity index (χ0) is 19.6. The smallest absolute Gasteiger partial charge is 0.255 e. The first-order valence-electron chi connectivity index (χ1n) is 9.03. The van der Waals surface area contributed by atoms with E-state index in [9.17, 15) is 4.79 Å². The van der Waals surface area contributed by atoms with Crippen molar-refractivity contribution in [2.75, 3.05) is 0 Å². The van der Waals surface area contributed by atoms with E-state index >= 15 is 0 Å². The molecule has 5 nitrogen and oxygen atoms in total. The van der Waals surface area contributed by atoms with Gasteiger partial charge < -0.3 is 9.42 Å². The Balaban J connectivity index is 1.88. The molecular weight excluding hydrogens is 338 g/mol. The van der Waals surface area contributed by atoms with Crippen LogP contribution in [0.25, 0.3) is 11.4 Å². The van der Waals surface area contributed by atoms with Gasteiger partial charge in [0, 0.05) is 16.7 Å². The number of aromatic nitrogens is 2. The molecule has 0 saturated carbocycles. The molecule has 1 aromatic heterocycles. The van der Waals surface area contributed by atoms with Crippen LogP contribution >= 0.6 is 0 Å². The summed E-state index contributed by atoms with van der Waals surface area (Å²) in [4.78, 5) is 19.5. The van der Waals surface area contributed by atoms with Gasteiger partial charge in [-0.2, -0.15) is 4.98 Å². The highest BCUT2D eigenvalue weighted by Crippen LogP contribution is 2.23. The van der Waals surface area contributed by atoms with Crippen molar-refractivity contribution in [1.29, 1.82) is 0 Å². The maximum absolute atomic E-state index is 13.2. The molecule has 2 aromatic carbocycles. The SMILES string of the molecule is Cc1ccc(C(=O)N(Cc2nc(-c3ccccc3)no2)C(C)(C)C)c(C)c1. The molecule has 0 atom stereocenters. The fourth-order valence-corrected chi connectivity index (χ4v) is 2.97. The predicted molar refractivity (Wildman–Crippen MR) is 105 cm³/mol. The minimum absolute atomic E-state index is 0.0422. The van der Waals surface area contributed by atoms with Gasteiger partial charge in [-0.1, -0.05) is 53.2 Å². The lowest BCUT2D eigenvalue weighted by atomic mass is 10.0. The number of aryl methyl sites for hydroxylation is 2. The van der Waals surface area contributed by atoms with Crippen LogP contribution in [0.4, 0.5) is 0 Å². The summed E-state index contributed by atoms with van der Waals surface area (Å²) >= 11 is 0. The Bertz CT molecular complexity index is 940. The zero-order valence-corrected chi connectivity index (χ0v) is 16.5. The van der Waals surface area contributed by atoms with Crippen molar-refractivity contribution in [1.82, 2.24) is 15.0 Å². The highest BCUT2D eigenvalue weighted by molar-refractivity contribution is 5.96. The Morgan fingerprint density at radius 3 is 2.41 bits per heavy atom. The van der Waals surface area contributed by atoms with Gasteiger partial charge in [0.05, 0.1) is 0 Å². The summed E-state index contributed by atoms with van der Waals surface area (Å²) in [5.74, 6) is 0.903. The van der Waals surface area contributed by atoms with Gasteiger partial charge in [0.1, 0.15) is 6.54 Å². The molecule has 140 valence electrons. The Morgan fingerprint density at radius 2 is 1.78 bits per heavy atom. The van der Waals surface area contributed by atoms with Crippen LogP contribution < -0.4 is 0 Å². The lowest BCUT2D eigenvalue weighted by Gasteiger charge is -2.35. The van der Waals surface area contributed by atoms with Crippen molar-refractivity contribution >= 4 is 5.91 Å². The van der Waals surface area contributed by atoms with E-state index in [4.69, 9.17) is 4.52 Å². The first-order valence-corrected chi connectivity index (χ1v) is 9.03. The Labute approximate surface area is 160 Å². The molecule has 0 unspecified atom stereocenters. The van der Waals surface area contributed by atoms with Crippen LogP contribution in [0.15, 0.2) is 53.1 Å². The van der Waals surface area contributed by atoms with Crippen LogP contribution in [-0.2, 0) is 6.54 Å². The monoisotopic (exact) mass is 363 g/mol. The molecule has 0 N–H and O–H groups in total. The Morgan fingerprint density at radius 1 is 1.07 bits per heavy atom. The van der Waals surface area contributed by atoms with Crippen LogP contribution in [0.3, 0.4) is 0 Å². The molecule has 1 amide bonds. The standard InChI is InChI=1S/C22H25N3O2/c1-15-11-12-18(16(2)13-15)21(26)25(22(3,4)5)14-19-23-20(24-27-19)17-9-7-6-8-10-17/h6-13H,14H2,1-5H3. The van der Waals surface area contributed by atoms with Gasteiger partial charge in [-0.05, 0) is 46.2 Å². The highest BCUT2D eigenvalue weighted by atomic mass is 16.5. The van der Waals surface area contributed by atoms with E-state index in [-0.39, 0.29) is 12.5 Å². The van der Waals surface area contributed by atoms with Gasteiger partial charge in [-0.3, -0.25) is 4.79 Å². The second-order valence-electron chi connectivity index (χ2n) is 7.76. The van der Waals surface area contributed by atoms with Crippen LogP contribution in [-0.4, -0.2) is 26.5 Å². The average molecular weight is 363 g/mol. The van der Waals surface area contributed by atoms with Crippen molar-refractivity contribution in [2.24, 2.45) is 0 Å². The van der Waals surface area contributed by atoms with Gasteiger partial charge in [0.2, 0.25) is 11.7 Å². The molecule has 3 aromatic rings. The molecule has 1 heterocycles. The first-order chi connectivity index (χ1) is 12.8. The van der Waals surface area contributed by atoms with Crippen molar-refractivity contribution in [3.63, 3.8) is 0 Å². The third-order valence-electron chi connectivity index (χ3n) is 4.46. The molecule has 0 aliphatic heterocycles. The number of hydrogen-bond donors (Lipinski definition) is 0. The van der Waals surface area contributed by atoms with Crippen LogP contribution in [0.1, 0.15) is 48.1 Å². The molecule has 0 fully saturated rings. The molecule has 0 saturated heterocycles. The summed E-state index contributed by atoms with van der Waals surface area (Å²) in [6.07, 6.45) is 0. The second-order valence-corrected chi connectivity index (χ2v) is 7.76. The number of rotatable bonds is 4. The summed E-state index contributed by atoms with van der Waals surface area (Å²) in [6.45, 7) is 10.2. The fraction of sp³-hybridized carbons (Fsp3) is 0.318. The lowest BCUT2D eigenvalue weighted by molar-refractivity contribution is 0.0525. The van der Waals surface area contributed by atoms with Crippen molar-refractivity contribution in [2.45, 2.75) is 46.7 Å². The number of hydrogen-bond acceptors (Lipinski definition) is 4. The average Bonchev–Trinajstić information content (AvgIpc) is 3.08. The van der Waals surface area contributed by atoms with Gasteiger partial charge in [-0.15, -0.1) is 0 Å². The van der Waals surface area contributed by atoms with E-state index in [1.807, 2.05) is 83.1 Å². The summed E-state index contributed by atoms with van der Waals surface area (Å²) in [5.41, 5.74) is 3.28. The summed E-state index contributed by atoms with van der Waals surface area (Å²) in [7, 11) is 0. The summed E-state index contributed by atoms with van der Waals surface area (Å²) < 4.78 is 5.43. The third kappa shape index (κ3) is 4.25. The largest absolute Gasteiger partial charge is 0.337 e. The Kier molecular flexibility index (Phi) is 5.13. The Hall–Kier alpha value is -2.95. The molecule has 5 heteroatoms. The van der Waals surface area contributed by atoms with E-state index in [0.29, 0.717) is 17.3 Å². The van der Waals surface area contributed by atoms with Gasteiger partial charge >= 0.3 is 0 Å². The predicted octanol–water partition coefficient (Wildman–Crippen LogP) is 4.79. The van der Waals surface area contributed by atoms with E-state index in [1.54, 1.807) is 4.90 Å². The minimum Gasteiger partial charge on any atom is -0.337 e. The molecule has 0 aliphatic rings. The molecule has 0 radical (unpaired) electrons. The minimum atomic E-state index is -0.393. The lowest BCUT2D eigenvalue weighted by Crippen LogP contribution is -2.45. The number of nitrogens with zero attached hydrogens (tertiary/aromatic N) is 3. The van der Waals surface area contributed by atoms with E-state index < -0.39 is 5.54 Å². The third-order valence-corrected chi connectivity index (χ3v) is 4.46. The van der Waals surface area contributed by atoms with Gasteiger partial charge in [-0.25, -0.2) is 0 Å². The second kappa shape index (κ2) is 7.35. The number of benzene rings is 2. The van der Waals surface area contributed by atoms with Crippen molar-refractivity contribution in [3.8, 4) is 11.4 Å². The number of amides is 1. The number of carbonyl (C=O) groups is 1. The molecular formula is C22H25N3O2. The molecule has 0 aliphatic carbocycles. The fourth-order valence-electron chi connectivity index (χ4n) is 2.97. The number of carbonyl (C=O) groups excluding carboxylic acids is 1. The molecule has 0 spiro atoms. The summed E-state index contributed by atoms with van der Waals surface area (Å²) in [6, 6.07) is 15.5. The van der Waals surface area contributed by atoms with E-state index in [1.165, 1.54) is 0 Å². The highest BCUT2D eigenvalue weighted by Gasteiger charge is 2.30. The molecule has 27 heavy (non-hydrogen) atoms. The quantitative estimate of drug-likeness (QED) is 0.668. The topological polar surface area (TPSA) is 59.2 Å². The van der Waals surface area contributed by atoms with Crippen LogP contribution in [0, 0.1) is 13.8 Å². The van der Waals surface area contributed by atoms with Gasteiger partial charge in [0.25, 0.3) is 5.91 Å². The van der Waals surface area contributed by atoms with E-state index in [2.05, 4.69) is 10.1 Å². The van der Waals surface area contributed by atoms with Crippen molar-refractivity contribution < 1.29 is 9.32 Å². The maximum Gasteiger partial charge on any atom is 0.255 e. The van der Waals surface area contributed by atoms with Gasteiger partial charge in [0.15, 0.2) is 0 Å². The summed E-state index contributed by atoms with van der Waals surface area (Å²) in [5, 5.41) is 4.06. The maximum atomic E-state index is 13.2. The van der Waals surface area contributed by atoms with Crippen molar-refractivity contribution in [3.05, 3.63) is 71.1 Å². The van der Waals surface area contributed by atoms with Crippen LogP contribution in [0.2, 0.25) is 0 Å². The first kappa shape index (κ1) is 18.8. The molecule has 0 bridgehead atoms. The molecule has 3 rings (SSSR count). The zero-order valence-electron chi connectivity index (χ0n) is 16.5. The normalized spacial score (nSPS) is 11.4.